The molecule has 1 heterocycles. The zero-order chi connectivity index (χ0) is 20.1. The summed E-state index contributed by atoms with van der Waals surface area (Å²) in [6.07, 6.45) is 0.183. The lowest BCUT2D eigenvalue weighted by molar-refractivity contribution is -0.132. The topological polar surface area (TPSA) is 67.2 Å². The van der Waals surface area contributed by atoms with E-state index in [1.54, 1.807) is 9.58 Å². The Kier molecular flexibility index (Phi) is 7.02. The summed E-state index contributed by atoms with van der Waals surface area (Å²) < 4.78 is 1.80. The Morgan fingerprint density at radius 2 is 1.85 bits per heavy atom. The maximum Gasteiger partial charge on any atom is 0.241 e. The molecular weight excluding hydrogens is 364 g/mol. The number of halogens is 1. The molecule has 1 N–H and O–H groups in total. The molecule has 0 radical (unpaired) electrons. The fraction of sp³-hybridized carbons (Fsp3) is 0.450. The molecule has 27 heavy (non-hydrogen) atoms. The van der Waals surface area contributed by atoms with E-state index in [4.69, 9.17) is 11.6 Å². The standard InChI is InChI=1S/C20H27ClN4O2/c1-6-24(7-2)20(27)12-22-19(26)11-17-14(4)23-25(15(17)5)16-9-8-13(3)18(21)10-16/h8-10H,6-7,11-12H2,1-5H3,(H,22,26). The molecule has 0 aliphatic carbocycles. The highest BCUT2D eigenvalue weighted by atomic mass is 35.5. The normalized spacial score (nSPS) is 10.7. The van der Waals surface area contributed by atoms with Crippen molar-refractivity contribution in [2.24, 2.45) is 0 Å². The van der Waals surface area contributed by atoms with E-state index in [1.165, 1.54) is 0 Å². The van der Waals surface area contributed by atoms with Gasteiger partial charge in [0.1, 0.15) is 0 Å². The molecule has 0 atom stereocenters. The maximum absolute atomic E-state index is 12.3. The van der Waals surface area contributed by atoms with Crippen molar-refractivity contribution >= 4 is 23.4 Å². The first-order valence-corrected chi connectivity index (χ1v) is 9.52. The minimum Gasteiger partial charge on any atom is -0.347 e. The third-order valence-corrected chi connectivity index (χ3v) is 5.14. The summed E-state index contributed by atoms with van der Waals surface area (Å²) in [5.41, 5.74) is 4.39. The average Bonchev–Trinajstić information content (AvgIpc) is 2.91. The number of likely N-dealkylation sites (N-methyl/N-ethyl adjacent to an activating group) is 1. The fourth-order valence-electron chi connectivity index (χ4n) is 2.98. The van der Waals surface area contributed by atoms with Crippen molar-refractivity contribution in [2.45, 2.75) is 41.0 Å². The van der Waals surface area contributed by atoms with Gasteiger partial charge in [0.05, 0.1) is 24.3 Å². The van der Waals surface area contributed by atoms with Crippen molar-refractivity contribution in [3.05, 3.63) is 45.7 Å². The predicted molar refractivity (Wildman–Crippen MR) is 107 cm³/mol. The molecule has 0 spiro atoms. The largest absolute Gasteiger partial charge is 0.347 e. The van der Waals surface area contributed by atoms with Crippen LogP contribution in [0.2, 0.25) is 5.02 Å². The van der Waals surface area contributed by atoms with Crippen molar-refractivity contribution in [1.82, 2.24) is 20.0 Å². The Hall–Kier alpha value is -2.34. The Bertz CT molecular complexity index is 841. The van der Waals surface area contributed by atoms with Gasteiger partial charge in [-0.25, -0.2) is 4.68 Å². The molecule has 0 bridgehead atoms. The smallest absolute Gasteiger partial charge is 0.241 e. The van der Waals surface area contributed by atoms with E-state index in [0.29, 0.717) is 18.1 Å². The third kappa shape index (κ3) is 4.89. The van der Waals surface area contributed by atoms with E-state index in [1.807, 2.05) is 52.8 Å². The van der Waals surface area contributed by atoms with Crippen molar-refractivity contribution < 1.29 is 9.59 Å². The number of hydrogen-bond acceptors (Lipinski definition) is 3. The van der Waals surface area contributed by atoms with E-state index in [0.717, 1.165) is 28.2 Å². The number of nitrogens with zero attached hydrogens (tertiary/aromatic N) is 3. The monoisotopic (exact) mass is 390 g/mol. The Morgan fingerprint density at radius 1 is 1.19 bits per heavy atom. The Balaban J connectivity index is 2.11. The number of carbonyl (C=O) groups is 2. The molecule has 1 aromatic heterocycles. The van der Waals surface area contributed by atoms with Crippen molar-refractivity contribution in [3.63, 3.8) is 0 Å². The quantitative estimate of drug-likeness (QED) is 0.790. The first-order chi connectivity index (χ1) is 12.8. The van der Waals surface area contributed by atoms with Gasteiger partial charge >= 0.3 is 0 Å². The zero-order valence-electron chi connectivity index (χ0n) is 16.6. The van der Waals surface area contributed by atoms with Gasteiger partial charge in [0, 0.05) is 29.4 Å². The van der Waals surface area contributed by atoms with Crippen LogP contribution in [0.3, 0.4) is 0 Å². The highest BCUT2D eigenvalue weighted by Crippen LogP contribution is 2.23. The molecule has 2 amide bonds. The lowest BCUT2D eigenvalue weighted by Gasteiger charge is -2.18. The highest BCUT2D eigenvalue weighted by molar-refractivity contribution is 6.31. The second-order valence-electron chi connectivity index (χ2n) is 6.51. The molecule has 6 nitrogen and oxygen atoms in total. The highest BCUT2D eigenvalue weighted by Gasteiger charge is 2.17. The first-order valence-electron chi connectivity index (χ1n) is 9.14. The molecule has 0 aliphatic rings. The van der Waals surface area contributed by atoms with Crippen LogP contribution >= 0.6 is 11.6 Å². The van der Waals surface area contributed by atoms with Gasteiger partial charge in [0.2, 0.25) is 11.8 Å². The van der Waals surface area contributed by atoms with E-state index >= 15 is 0 Å². The van der Waals surface area contributed by atoms with Gasteiger partial charge in [-0.3, -0.25) is 9.59 Å². The zero-order valence-corrected chi connectivity index (χ0v) is 17.4. The van der Waals surface area contributed by atoms with Crippen molar-refractivity contribution in [1.29, 1.82) is 0 Å². The third-order valence-electron chi connectivity index (χ3n) is 4.73. The van der Waals surface area contributed by atoms with Crippen LogP contribution in [0.4, 0.5) is 0 Å². The van der Waals surface area contributed by atoms with Gasteiger partial charge in [-0.05, 0) is 52.3 Å². The van der Waals surface area contributed by atoms with Crippen LogP contribution < -0.4 is 5.32 Å². The van der Waals surface area contributed by atoms with Crippen LogP contribution in [0.5, 0.6) is 0 Å². The number of hydrogen-bond donors (Lipinski definition) is 1. The predicted octanol–water partition coefficient (Wildman–Crippen LogP) is 2.98. The molecule has 0 unspecified atom stereocenters. The molecule has 2 aromatic rings. The molecule has 0 saturated carbocycles. The molecule has 7 heteroatoms. The molecular formula is C20H27ClN4O2. The minimum absolute atomic E-state index is 0.0142. The number of amides is 2. The first kappa shape index (κ1) is 21.0. The molecule has 0 saturated heterocycles. The molecule has 1 aromatic carbocycles. The van der Waals surface area contributed by atoms with Crippen molar-refractivity contribution in [2.75, 3.05) is 19.6 Å². The average molecular weight is 391 g/mol. The summed E-state index contributed by atoms with van der Waals surface area (Å²) in [7, 11) is 0. The number of benzene rings is 1. The minimum atomic E-state index is -0.191. The summed E-state index contributed by atoms with van der Waals surface area (Å²) in [4.78, 5) is 26.0. The van der Waals surface area contributed by atoms with Crippen LogP contribution in [0, 0.1) is 20.8 Å². The van der Waals surface area contributed by atoms with Gasteiger partial charge in [-0.1, -0.05) is 17.7 Å². The Labute approximate surface area is 165 Å². The van der Waals surface area contributed by atoms with Crippen LogP contribution in [0.15, 0.2) is 18.2 Å². The van der Waals surface area contributed by atoms with Crippen LogP contribution in [-0.4, -0.2) is 46.1 Å². The van der Waals surface area contributed by atoms with Gasteiger partial charge < -0.3 is 10.2 Å². The molecule has 2 rings (SSSR count). The molecule has 0 aliphatic heterocycles. The summed E-state index contributed by atoms with van der Waals surface area (Å²) in [5, 5.41) is 7.94. The number of carbonyl (C=O) groups excluding carboxylic acids is 2. The summed E-state index contributed by atoms with van der Waals surface area (Å²) in [6, 6.07) is 5.76. The summed E-state index contributed by atoms with van der Waals surface area (Å²) in [6.45, 7) is 10.9. The van der Waals surface area contributed by atoms with Crippen molar-refractivity contribution in [3.8, 4) is 5.69 Å². The van der Waals surface area contributed by atoms with E-state index in [2.05, 4.69) is 10.4 Å². The second-order valence-corrected chi connectivity index (χ2v) is 6.92. The lowest BCUT2D eigenvalue weighted by atomic mass is 10.1. The number of aromatic nitrogens is 2. The van der Waals surface area contributed by atoms with Gasteiger partial charge in [0.15, 0.2) is 0 Å². The van der Waals surface area contributed by atoms with Gasteiger partial charge in [0.25, 0.3) is 0 Å². The van der Waals surface area contributed by atoms with E-state index < -0.39 is 0 Å². The second kappa shape index (κ2) is 9.04. The number of nitrogens with one attached hydrogen (secondary N) is 1. The lowest BCUT2D eigenvalue weighted by Crippen LogP contribution is -2.40. The number of rotatable bonds is 7. The Morgan fingerprint density at radius 3 is 2.44 bits per heavy atom. The summed E-state index contributed by atoms with van der Waals surface area (Å²) in [5.74, 6) is -0.269. The van der Waals surface area contributed by atoms with Gasteiger partial charge in [-0.15, -0.1) is 0 Å². The van der Waals surface area contributed by atoms with Crippen LogP contribution in [-0.2, 0) is 16.0 Å². The summed E-state index contributed by atoms with van der Waals surface area (Å²) >= 11 is 6.23. The number of aryl methyl sites for hydroxylation is 2. The molecule has 146 valence electrons. The fourth-order valence-corrected chi connectivity index (χ4v) is 3.16. The van der Waals surface area contributed by atoms with Crippen LogP contribution in [0.1, 0.15) is 36.4 Å². The van der Waals surface area contributed by atoms with Crippen LogP contribution in [0.25, 0.3) is 5.69 Å². The van der Waals surface area contributed by atoms with E-state index in [9.17, 15) is 9.59 Å². The molecule has 0 fully saturated rings. The SMILES string of the molecule is CCN(CC)C(=O)CNC(=O)Cc1c(C)nn(-c2ccc(C)c(Cl)c2)c1C. The maximum atomic E-state index is 12.3. The van der Waals surface area contributed by atoms with E-state index in [-0.39, 0.29) is 24.8 Å². The van der Waals surface area contributed by atoms with Gasteiger partial charge in [-0.2, -0.15) is 5.10 Å².